The highest BCUT2D eigenvalue weighted by Gasteiger charge is 2.27. The van der Waals surface area contributed by atoms with Crippen molar-refractivity contribution in [2.75, 3.05) is 6.61 Å². The van der Waals surface area contributed by atoms with Crippen molar-refractivity contribution in [2.24, 2.45) is 0 Å². The van der Waals surface area contributed by atoms with Crippen molar-refractivity contribution in [1.82, 2.24) is 0 Å². The molecule has 0 amide bonds. The molecule has 0 aromatic rings. The van der Waals surface area contributed by atoms with Crippen molar-refractivity contribution in [1.29, 1.82) is 0 Å². The van der Waals surface area contributed by atoms with E-state index in [0.29, 0.717) is 6.42 Å². The Morgan fingerprint density at radius 3 is 2.45 bits per heavy atom. The van der Waals surface area contributed by atoms with E-state index in [0.717, 1.165) is 31.3 Å². The topological polar surface area (TPSA) is 46.5 Å². The normalized spacial score (nSPS) is 20.1. The fraction of sp³-hybridized carbons (Fsp3) is 0.706. The fourth-order valence-electron chi connectivity index (χ4n) is 2.40. The van der Waals surface area contributed by atoms with Gasteiger partial charge < -0.3 is 9.84 Å². The molecule has 1 fully saturated rings. The maximum absolute atomic E-state index is 11.4. The van der Waals surface area contributed by atoms with E-state index in [9.17, 15) is 4.79 Å². The van der Waals surface area contributed by atoms with Crippen molar-refractivity contribution in [2.45, 2.75) is 70.3 Å². The Labute approximate surface area is 122 Å². The number of carbonyl (C=O) groups is 1. The number of carbonyl (C=O) groups excluding carboxylic acids is 1. The van der Waals surface area contributed by atoms with Crippen LogP contribution in [0.4, 0.5) is 0 Å². The minimum absolute atomic E-state index is 0.0806. The largest absolute Gasteiger partial charge is 0.456 e. The highest BCUT2D eigenvalue weighted by molar-refractivity contribution is 5.90. The van der Waals surface area contributed by atoms with E-state index in [1.54, 1.807) is 0 Å². The molecule has 0 radical (unpaired) electrons. The van der Waals surface area contributed by atoms with Gasteiger partial charge in [-0.3, -0.25) is 0 Å². The number of allylic oxidation sites excluding steroid dienone is 1. The number of cyclic esters (lactones) is 1. The summed E-state index contributed by atoms with van der Waals surface area (Å²) in [4.78, 5) is 11.4. The molecule has 0 aromatic heterocycles. The van der Waals surface area contributed by atoms with E-state index in [4.69, 9.17) is 16.3 Å². The SMILES string of the molecule is C#CCCCCCCCCC/C=C1/C[C@H](CO)OC1=O. The average Bonchev–Trinajstić information content (AvgIpc) is 2.81. The van der Waals surface area contributed by atoms with Crippen LogP contribution >= 0.6 is 0 Å². The van der Waals surface area contributed by atoms with Crippen LogP contribution < -0.4 is 0 Å². The van der Waals surface area contributed by atoms with Crippen LogP contribution in [0.3, 0.4) is 0 Å². The van der Waals surface area contributed by atoms with Gasteiger partial charge in [0.1, 0.15) is 6.10 Å². The van der Waals surface area contributed by atoms with E-state index in [1.165, 1.54) is 32.1 Å². The second kappa shape index (κ2) is 10.5. The minimum Gasteiger partial charge on any atom is -0.456 e. The summed E-state index contributed by atoms with van der Waals surface area (Å²) in [6.45, 7) is -0.0806. The molecule has 1 atom stereocenters. The molecular weight excluding hydrogens is 252 g/mol. The number of aliphatic hydroxyl groups excluding tert-OH is 1. The predicted molar refractivity (Wildman–Crippen MR) is 80.1 cm³/mol. The molecule has 0 unspecified atom stereocenters. The Bertz CT molecular complexity index is 352. The molecule has 1 N–H and O–H groups in total. The molecule has 1 saturated heterocycles. The lowest BCUT2D eigenvalue weighted by molar-refractivity contribution is -0.140. The number of esters is 1. The Kier molecular flexibility index (Phi) is 8.82. The number of rotatable bonds is 10. The molecule has 0 bridgehead atoms. The van der Waals surface area contributed by atoms with Gasteiger partial charge in [-0.05, 0) is 19.3 Å². The lowest BCUT2D eigenvalue weighted by Crippen LogP contribution is -2.10. The number of aliphatic hydroxyl groups is 1. The Morgan fingerprint density at radius 2 is 1.85 bits per heavy atom. The molecule has 0 spiro atoms. The van der Waals surface area contributed by atoms with Crippen molar-refractivity contribution in [3.8, 4) is 12.3 Å². The zero-order chi connectivity index (χ0) is 14.6. The minimum atomic E-state index is -0.322. The van der Waals surface area contributed by atoms with Gasteiger partial charge in [0.25, 0.3) is 0 Å². The molecule has 1 aliphatic rings. The van der Waals surface area contributed by atoms with E-state index >= 15 is 0 Å². The Hall–Kier alpha value is -1.27. The quantitative estimate of drug-likeness (QED) is 0.288. The van der Waals surface area contributed by atoms with Gasteiger partial charge >= 0.3 is 5.97 Å². The van der Waals surface area contributed by atoms with Crippen molar-refractivity contribution >= 4 is 5.97 Å². The van der Waals surface area contributed by atoms with E-state index in [1.807, 2.05) is 6.08 Å². The first-order chi connectivity index (χ1) is 9.77. The van der Waals surface area contributed by atoms with Gasteiger partial charge in [0.2, 0.25) is 0 Å². The predicted octanol–water partition coefficient (Wildman–Crippen LogP) is 3.36. The Balaban J connectivity index is 1.97. The van der Waals surface area contributed by atoms with Gasteiger partial charge in [-0.15, -0.1) is 12.3 Å². The second-order valence-electron chi connectivity index (χ2n) is 5.36. The third-order valence-corrected chi connectivity index (χ3v) is 3.60. The number of terminal acetylenes is 1. The van der Waals surface area contributed by atoms with Crippen LogP contribution in [0.15, 0.2) is 11.6 Å². The summed E-state index contributed by atoms with van der Waals surface area (Å²) in [7, 11) is 0. The summed E-state index contributed by atoms with van der Waals surface area (Å²) < 4.78 is 4.99. The number of hydrogen-bond donors (Lipinski definition) is 1. The van der Waals surface area contributed by atoms with Gasteiger partial charge in [-0.25, -0.2) is 4.79 Å². The van der Waals surface area contributed by atoms with Gasteiger partial charge in [0, 0.05) is 18.4 Å². The molecule has 0 saturated carbocycles. The molecule has 0 aromatic carbocycles. The van der Waals surface area contributed by atoms with E-state index in [2.05, 4.69) is 5.92 Å². The van der Waals surface area contributed by atoms with Crippen LogP contribution in [0.5, 0.6) is 0 Å². The molecule has 3 nitrogen and oxygen atoms in total. The van der Waals surface area contributed by atoms with Crippen LogP contribution in [0.1, 0.15) is 64.2 Å². The molecule has 20 heavy (non-hydrogen) atoms. The molecule has 1 rings (SSSR count). The van der Waals surface area contributed by atoms with Gasteiger partial charge in [0.15, 0.2) is 0 Å². The molecule has 112 valence electrons. The fourth-order valence-corrected chi connectivity index (χ4v) is 2.40. The maximum Gasteiger partial charge on any atom is 0.334 e. The summed E-state index contributed by atoms with van der Waals surface area (Å²) >= 11 is 0. The summed E-state index contributed by atoms with van der Waals surface area (Å²) in [5.74, 6) is 2.41. The van der Waals surface area contributed by atoms with Crippen LogP contribution in [0.25, 0.3) is 0 Å². The first-order valence-electron chi connectivity index (χ1n) is 7.72. The molecule has 0 aliphatic carbocycles. The number of unbranched alkanes of at least 4 members (excludes halogenated alkanes) is 8. The van der Waals surface area contributed by atoms with Gasteiger partial charge in [0.05, 0.1) is 6.61 Å². The summed E-state index contributed by atoms with van der Waals surface area (Å²) in [5.41, 5.74) is 0.735. The monoisotopic (exact) mass is 278 g/mol. The van der Waals surface area contributed by atoms with Gasteiger partial charge in [-0.1, -0.05) is 38.2 Å². The number of ether oxygens (including phenoxy) is 1. The average molecular weight is 278 g/mol. The summed E-state index contributed by atoms with van der Waals surface area (Å²) in [6, 6.07) is 0. The second-order valence-corrected chi connectivity index (χ2v) is 5.36. The van der Waals surface area contributed by atoms with Crippen molar-refractivity contribution in [3.05, 3.63) is 11.6 Å². The lowest BCUT2D eigenvalue weighted by Gasteiger charge is -2.00. The standard InChI is InChI=1S/C17H26O3/c1-2-3-4-5-6-7-8-9-10-11-12-15-13-16(14-18)20-17(15)19/h1,12,16,18H,3-11,13-14H2/b15-12-/t16-/m1/s1. The van der Waals surface area contributed by atoms with Crippen molar-refractivity contribution < 1.29 is 14.6 Å². The Morgan fingerprint density at radius 1 is 1.20 bits per heavy atom. The molecular formula is C17H26O3. The highest BCUT2D eigenvalue weighted by Crippen LogP contribution is 2.21. The molecule has 1 aliphatic heterocycles. The van der Waals surface area contributed by atoms with Crippen molar-refractivity contribution in [3.63, 3.8) is 0 Å². The summed E-state index contributed by atoms with van der Waals surface area (Å²) in [5, 5.41) is 8.93. The molecule has 3 heteroatoms. The summed E-state index contributed by atoms with van der Waals surface area (Å²) in [6.07, 6.45) is 17.8. The zero-order valence-corrected chi connectivity index (χ0v) is 12.3. The molecule has 1 heterocycles. The lowest BCUT2D eigenvalue weighted by atomic mass is 10.1. The van der Waals surface area contributed by atoms with Crippen LogP contribution in [0, 0.1) is 12.3 Å². The number of hydrogen-bond acceptors (Lipinski definition) is 3. The van der Waals surface area contributed by atoms with Crippen LogP contribution in [0.2, 0.25) is 0 Å². The highest BCUT2D eigenvalue weighted by atomic mass is 16.6. The third-order valence-electron chi connectivity index (χ3n) is 3.60. The first-order valence-corrected chi connectivity index (χ1v) is 7.72. The van der Waals surface area contributed by atoms with Crippen LogP contribution in [-0.4, -0.2) is 23.8 Å². The zero-order valence-electron chi connectivity index (χ0n) is 12.3. The first kappa shape index (κ1) is 16.8. The van der Waals surface area contributed by atoms with Gasteiger partial charge in [-0.2, -0.15) is 0 Å². The smallest absolute Gasteiger partial charge is 0.334 e. The van der Waals surface area contributed by atoms with Crippen LogP contribution in [-0.2, 0) is 9.53 Å². The van der Waals surface area contributed by atoms with E-state index in [-0.39, 0.29) is 18.7 Å². The third kappa shape index (κ3) is 6.77. The van der Waals surface area contributed by atoms with E-state index < -0.39 is 0 Å². The maximum atomic E-state index is 11.4.